The third kappa shape index (κ3) is 2.63. The number of nitrogen functional groups attached to an aromatic ring is 1. The molecule has 0 bridgehead atoms. The molecular formula is C30H22N2O. The summed E-state index contributed by atoms with van der Waals surface area (Å²) in [5, 5.41) is 2.29. The molecular weight excluding hydrogens is 404 g/mol. The minimum Gasteiger partial charge on any atom is -0.456 e. The SMILES string of the molecule is Nc1cccc2c1C1C=CC=CC1N2c1ccccc1-c1ccc2oc3ccccc3c2c1. The second-order valence-electron chi connectivity index (χ2n) is 8.76. The fourth-order valence-electron chi connectivity index (χ4n) is 5.53. The molecule has 158 valence electrons. The Kier molecular flexibility index (Phi) is 3.82. The van der Waals surface area contributed by atoms with E-state index >= 15 is 0 Å². The van der Waals surface area contributed by atoms with Gasteiger partial charge in [0.1, 0.15) is 11.2 Å². The Morgan fingerprint density at radius 2 is 1.48 bits per heavy atom. The highest BCUT2D eigenvalue weighted by Gasteiger charge is 2.39. The molecule has 0 fully saturated rings. The molecule has 3 nitrogen and oxygen atoms in total. The zero-order valence-electron chi connectivity index (χ0n) is 18.0. The number of fused-ring (bicyclic) bond motifs is 6. The number of furan rings is 1. The van der Waals surface area contributed by atoms with Gasteiger partial charge >= 0.3 is 0 Å². The van der Waals surface area contributed by atoms with Crippen LogP contribution in [-0.4, -0.2) is 6.04 Å². The molecule has 2 N–H and O–H groups in total. The van der Waals surface area contributed by atoms with Crippen molar-refractivity contribution in [1.82, 2.24) is 0 Å². The van der Waals surface area contributed by atoms with Crippen LogP contribution >= 0.6 is 0 Å². The van der Waals surface area contributed by atoms with Gasteiger partial charge in [0, 0.05) is 44.9 Å². The number of allylic oxidation sites excluding steroid dienone is 2. The average molecular weight is 427 g/mol. The second-order valence-corrected chi connectivity index (χ2v) is 8.76. The molecule has 0 saturated carbocycles. The fraction of sp³-hybridized carbons (Fsp3) is 0.0667. The first-order valence-corrected chi connectivity index (χ1v) is 11.3. The molecule has 0 radical (unpaired) electrons. The molecule has 1 aliphatic heterocycles. The Morgan fingerprint density at radius 1 is 0.697 bits per heavy atom. The van der Waals surface area contributed by atoms with Crippen molar-refractivity contribution in [2.45, 2.75) is 12.0 Å². The van der Waals surface area contributed by atoms with Crippen molar-refractivity contribution in [3.05, 3.63) is 115 Å². The number of benzene rings is 4. The molecule has 7 rings (SSSR count). The van der Waals surface area contributed by atoms with E-state index in [1.807, 2.05) is 18.2 Å². The Hall–Kier alpha value is -4.24. The van der Waals surface area contributed by atoms with Crippen LogP contribution in [0.5, 0.6) is 0 Å². The summed E-state index contributed by atoms with van der Waals surface area (Å²) in [7, 11) is 0. The summed E-state index contributed by atoms with van der Waals surface area (Å²) in [5.74, 6) is 0.250. The first-order valence-electron chi connectivity index (χ1n) is 11.3. The number of hydrogen-bond acceptors (Lipinski definition) is 3. The number of para-hydroxylation sites is 2. The molecule has 0 amide bonds. The van der Waals surface area contributed by atoms with Crippen molar-refractivity contribution >= 4 is 39.0 Å². The van der Waals surface area contributed by atoms with Crippen molar-refractivity contribution in [3.8, 4) is 11.1 Å². The van der Waals surface area contributed by atoms with Crippen LogP contribution in [0.3, 0.4) is 0 Å². The number of nitrogens with two attached hydrogens (primary N) is 1. The summed E-state index contributed by atoms with van der Waals surface area (Å²) in [6.07, 6.45) is 8.83. The Labute approximate surface area is 192 Å². The Morgan fingerprint density at radius 3 is 2.45 bits per heavy atom. The predicted molar refractivity (Wildman–Crippen MR) is 137 cm³/mol. The maximum absolute atomic E-state index is 6.48. The van der Waals surface area contributed by atoms with E-state index < -0.39 is 0 Å². The van der Waals surface area contributed by atoms with E-state index in [2.05, 4.69) is 95.9 Å². The lowest BCUT2D eigenvalue weighted by atomic mass is 9.90. The van der Waals surface area contributed by atoms with Gasteiger partial charge in [0.05, 0.1) is 6.04 Å². The van der Waals surface area contributed by atoms with Gasteiger partial charge in [-0.05, 0) is 42.0 Å². The van der Waals surface area contributed by atoms with Crippen LogP contribution in [0, 0.1) is 0 Å². The van der Waals surface area contributed by atoms with Crippen LogP contribution in [0.1, 0.15) is 11.5 Å². The number of nitrogens with zero attached hydrogens (tertiary/aromatic N) is 1. The van der Waals surface area contributed by atoms with Gasteiger partial charge in [-0.3, -0.25) is 0 Å². The minimum atomic E-state index is 0.203. The lowest BCUT2D eigenvalue weighted by Crippen LogP contribution is -2.28. The molecule has 0 saturated heterocycles. The molecule has 5 aromatic rings. The standard InChI is InChI=1S/C30H22N2O/c31-24-11-7-14-27-30(24)22-10-2-5-13-26(22)32(27)25-12-4-1-8-20(25)19-16-17-29-23(18-19)21-9-3-6-15-28(21)33-29/h1-18,22,26H,31H2. The van der Waals surface area contributed by atoms with E-state index in [1.54, 1.807) is 0 Å². The van der Waals surface area contributed by atoms with E-state index in [-0.39, 0.29) is 12.0 Å². The number of hydrogen-bond donors (Lipinski definition) is 1. The van der Waals surface area contributed by atoms with Crippen LogP contribution in [0.25, 0.3) is 33.1 Å². The molecule has 2 atom stereocenters. The normalized spacial score (nSPS) is 18.7. The highest BCUT2D eigenvalue weighted by molar-refractivity contribution is 6.06. The van der Waals surface area contributed by atoms with Gasteiger partial charge < -0.3 is 15.1 Å². The molecule has 1 aromatic heterocycles. The summed E-state index contributed by atoms with van der Waals surface area (Å²) in [6, 6.07) is 29.8. The number of anilines is 3. The zero-order chi connectivity index (χ0) is 21.9. The second kappa shape index (κ2) is 6.88. The van der Waals surface area contributed by atoms with E-state index in [9.17, 15) is 0 Å². The highest BCUT2D eigenvalue weighted by Crippen LogP contribution is 2.51. The van der Waals surface area contributed by atoms with Gasteiger partial charge in [0.25, 0.3) is 0 Å². The van der Waals surface area contributed by atoms with Gasteiger partial charge in [-0.15, -0.1) is 0 Å². The van der Waals surface area contributed by atoms with Gasteiger partial charge in [-0.2, -0.15) is 0 Å². The van der Waals surface area contributed by atoms with E-state index in [0.29, 0.717) is 0 Å². The maximum atomic E-state index is 6.48. The Balaban J connectivity index is 1.44. The molecule has 2 unspecified atom stereocenters. The summed E-state index contributed by atoms with van der Waals surface area (Å²) in [4.78, 5) is 2.45. The summed E-state index contributed by atoms with van der Waals surface area (Å²) < 4.78 is 6.06. The number of rotatable bonds is 2. The topological polar surface area (TPSA) is 42.4 Å². The van der Waals surface area contributed by atoms with Crippen LogP contribution < -0.4 is 10.6 Å². The van der Waals surface area contributed by atoms with E-state index in [4.69, 9.17) is 10.2 Å². The third-order valence-electron chi connectivity index (χ3n) is 6.96. The quantitative estimate of drug-likeness (QED) is 0.296. The average Bonchev–Trinajstić information content (AvgIpc) is 3.40. The van der Waals surface area contributed by atoms with Gasteiger partial charge in [0.2, 0.25) is 0 Å². The smallest absolute Gasteiger partial charge is 0.135 e. The molecule has 3 heteroatoms. The first kappa shape index (κ1) is 18.3. The summed E-state index contributed by atoms with van der Waals surface area (Å²) in [6.45, 7) is 0. The van der Waals surface area contributed by atoms with Crippen molar-refractivity contribution in [1.29, 1.82) is 0 Å². The largest absolute Gasteiger partial charge is 0.456 e. The fourth-order valence-corrected chi connectivity index (χ4v) is 5.53. The van der Waals surface area contributed by atoms with Crippen molar-refractivity contribution in [2.24, 2.45) is 0 Å². The van der Waals surface area contributed by atoms with Crippen LogP contribution in [0.2, 0.25) is 0 Å². The Bertz CT molecular complexity index is 1610. The van der Waals surface area contributed by atoms with Gasteiger partial charge in [0.15, 0.2) is 0 Å². The highest BCUT2D eigenvalue weighted by atomic mass is 16.3. The van der Waals surface area contributed by atoms with Crippen LogP contribution in [-0.2, 0) is 0 Å². The van der Waals surface area contributed by atoms with Gasteiger partial charge in [-0.25, -0.2) is 0 Å². The zero-order valence-corrected chi connectivity index (χ0v) is 18.0. The molecule has 2 aliphatic rings. The van der Waals surface area contributed by atoms with Crippen molar-refractivity contribution in [2.75, 3.05) is 10.6 Å². The summed E-state index contributed by atoms with van der Waals surface area (Å²) >= 11 is 0. The van der Waals surface area contributed by atoms with Crippen molar-refractivity contribution in [3.63, 3.8) is 0 Å². The maximum Gasteiger partial charge on any atom is 0.135 e. The molecule has 2 heterocycles. The molecule has 0 spiro atoms. The molecule has 1 aliphatic carbocycles. The van der Waals surface area contributed by atoms with Crippen molar-refractivity contribution < 1.29 is 4.42 Å². The third-order valence-corrected chi connectivity index (χ3v) is 6.96. The van der Waals surface area contributed by atoms with E-state index in [0.717, 1.165) is 27.6 Å². The van der Waals surface area contributed by atoms with Crippen LogP contribution in [0.4, 0.5) is 17.1 Å². The predicted octanol–water partition coefficient (Wildman–Crippen LogP) is 7.57. The first-order chi connectivity index (χ1) is 16.3. The lowest BCUT2D eigenvalue weighted by molar-refractivity contribution is 0.669. The van der Waals surface area contributed by atoms with Crippen LogP contribution in [0.15, 0.2) is 114 Å². The minimum absolute atomic E-state index is 0.203. The molecule has 4 aromatic carbocycles. The lowest BCUT2D eigenvalue weighted by Gasteiger charge is -2.30. The van der Waals surface area contributed by atoms with E-state index in [1.165, 1.54) is 28.1 Å². The summed E-state index contributed by atoms with van der Waals surface area (Å²) in [5.41, 5.74) is 15.1. The molecule has 33 heavy (non-hydrogen) atoms. The monoisotopic (exact) mass is 426 g/mol. The van der Waals surface area contributed by atoms with Gasteiger partial charge in [-0.1, -0.05) is 72.8 Å².